The van der Waals surface area contributed by atoms with E-state index < -0.39 is 47.5 Å². The molecule has 1 N–H and O–H groups in total. The van der Waals surface area contributed by atoms with Crippen molar-refractivity contribution in [2.75, 3.05) is 6.54 Å². The van der Waals surface area contributed by atoms with Gasteiger partial charge in [-0.25, -0.2) is 9.18 Å². The third-order valence-electron chi connectivity index (χ3n) is 5.87. The molecule has 1 aliphatic rings. The van der Waals surface area contributed by atoms with Crippen LogP contribution in [0, 0.1) is 5.82 Å². The number of carbonyl (C=O) groups is 1. The van der Waals surface area contributed by atoms with E-state index in [9.17, 15) is 22.4 Å². The van der Waals surface area contributed by atoms with Crippen molar-refractivity contribution in [2.45, 2.75) is 51.7 Å². The maximum absolute atomic E-state index is 13.8. The van der Waals surface area contributed by atoms with Gasteiger partial charge in [-0.15, -0.1) is 0 Å². The van der Waals surface area contributed by atoms with Crippen molar-refractivity contribution in [1.82, 2.24) is 5.32 Å². The lowest BCUT2D eigenvalue weighted by molar-refractivity contribution is -0.137. The summed E-state index contributed by atoms with van der Waals surface area (Å²) in [5, 5.41) is 2.51. The van der Waals surface area contributed by atoms with Crippen LogP contribution < -0.4 is 5.32 Å². The Morgan fingerprint density at radius 3 is 2.26 bits per heavy atom. The smallest absolute Gasteiger partial charge is 0.445 e. The van der Waals surface area contributed by atoms with Gasteiger partial charge in [0.2, 0.25) is 0 Å². The number of nitrogens with one attached hydrogen (secondary N) is 1. The van der Waals surface area contributed by atoms with Gasteiger partial charge < -0.3 is 19.4 Å². The van der Waals surface area contributed by atoms with Crippen molar-refractivity contribution in [3.05, 3.63) is 76.5 Å². The fraction of sp³-hybridized carbons (Fsp3) is 0.375. The minimum absolute atomic E-state index is 0.0182. The zero-order chi connectivity index (χ0) is 25.1. The number of rotatable bonds is 6. The summed E-state index contributed by atoms with van der Waals surface area (Å²) in [4.78, 5) is 12.2. The Morgan fingerprint density at radius 1 is 1.06 bits per heavy atom. The van der Waals surface area contributed by atoms with Crippen LogP contribution in [0.15, 0.2) is 54.0 Å². The summed E-state index contributed by atoms with van der Waals surface area (Å²) in [7, 11) is -1.07. The first-order valence-electron chi connectivity index (χ1n) is 10.7. The molecule has 1 saturated heterocycles. The molecule has 0 saturated carbocycles. The van der Waals surface area contributed by atoms with Crippen LogP contribution in [0.25, 0.3) is 6.08 Å². The van der Waals surface area contributed by atoms with E-state index >= 15 is 0 Å². The SMILES string of the molecule is CC1(C)OB(C(=Cc2cc(F)ccc2C(F)(F)F)CNC(=O)OCc2ccccc2)OC1(C)C. The third-order valence-corrected chi connectivity index (χ3v) is 5.87. The molecular weight excluding hydrogens is 453 g/mol. The van der Waals surface area contributed by atoms with E-state index in [1.54, 1.807) is 52.0 Å². The van der Waals surface area contributed by atoms with Gasteiger partial charge in [-0.2, -0.15) is 13.2 Å². The fourth-order valence-corrected chi connectivity index (χ4v) is 3.26. The summed E-state index contributed by atoms with van der Waals surface area (Å²) in [6, 6.07) is 11.2. The van der Waals surface area contributed by atoms with E-state index in [4.69, 9.17) is 14.0 Å². The number of hydrogen-bond acceptors (Lipinski definition) is 4. The summed E-state index contributed by atoms with van der Waals surface area (Å²) >= 11 is 0. The molecule has 2 aromatic carbocycles. The second-order valence-corrected chi connectivity index (χ2v) is 8.95. The lowest BCUT2D eigenvalue weighted by Gasteiger charge is -2.32. The average molecular weight is 479 g/mol. The molecule has 0 aliphatic carbocycles. The number of carbonyl (C=O) groups excluding carboxylic acids is 1. The molecule has 1 fully saturated rings. The molecule has 34 heavy (non-hydrogen) atoms. The summed E-state index contributed by atoms with van der Waals surface area (Å²) in [5.41, 5.74) is -2.04. The van der Waals surface area contributed by atoms with Gasteiger partial charge >= 0.3 is 19.4 Å². The van der Waals surface area contributed by atoms with E-state index in [0.29, 0.717) is 6.07 Å². The van der Waals surface area contributed by atoms with Crippen molar-refractivity contribution < 1.29 is 36.4 Å². The van der Waals surface area contributed by atoms with Crippen LogP contribution in [0.1, 0.15) is 44.4 Å². The zero-order valence-corrected chi connectivity index (χ0v) is 19.3. The van der Waals surface area contributed by atoms with Crippen molar-refractivity contribution >= 4 is 19.3 Å². The van der Waals surface area contributed by atoms with Gasteiger partial charge in [0.1, 0.15) is 12.4 Å². The highest BCUT2D eigenvalue weighted by Gasteiger charge is 2.52. The minimum Gasteiger partial charge on any atom is -0.445 e. The Bertz CT molecular complexity index is 1040. The Kier molecular flexibility index (Phi) is 7.42. The van der Waals surface area contributed by atoms with Crippen molar-refractivity contribution in [3.63, 3.8) is 0 Å². The largest absolute Gasteiger partial charge is 0.492 e. The molecule has 1 aliphatic heterocycles. The molecule has 182 valence electrons. The van der Waals surface area contributed by atoms with E-state index in [-0.39, 0.29) is 18.6 Å². The third kappa shape index (κ3) is 6.18. The summed E-state index contributed by atoms with van der Waals surface area (Å²) in [5.74, 6) is -0.831. The summed E-state index contributed by atoms with van der Waals surface area (Å²) in [6.45, 7) is 6.93. The summed E-state index contributed by atoms with van der Waals surface area (Å²) in [6.07, 6.45) is -4.35. The zero-order valence-electron chi connectivity index (χ0n) is 19.3. The van der Waals surface area contributed by atoms with Gasteiger partial charge in [0.05, 0.1) is 16.8 Å². The molecule has 1 amide bonds. The highest BCUT2D eigenvalue weighted by Crippen LogP contribution is 2.39. The van der Waals surface area contributed by atoms with Crippen LogP contribution >= 0.6 is 0 Å². The van der Waals surface area contributed by atoms with E-state index in [1.165, 1.54) is 0 Å². The second-order valence-electron chi connectivity index (χ2n) is 8.95. The van der Waals surface area contributed by atoms with Crippen LogP contribution in [0.3, 0.4) is 0 Å². The van der Waals surface area contributed by atoms with E-state index in [1.807, 2.05) is 6.07 Å². The topological polar surface area (TPSA) is 56.8 Å². The van der Waals surface area contributed by atoms with E-state index in [2.05, 4.69) is 5.32 Å². The molecule has 0 spiro atoms. The van der Waals surface area contributed by atoms with Gasteiger partial charge in [-0.1, -0.05) is 36.4 Å². The van der Waals surface area contributed by atoms with Crippen LogP contribution in [-0.2, 0) is 26.8 Å². The monoisotopic (exact) mass is 479 g/mol. The molecule has 3 rings (SSSR count). The lowest BCUT2D eigenvalue weighted by atomic mass is 9.76. The standard InChI is InChI=1S/C24H26BF4NO4/c1-22(2)23(3,4)34-25(33-22)18(12-17-13-19(26)10-11-20(17)24(27,28)29)14-30-21(31)32-15-16-8-6-5-7-9-16/h5-13H,14-15H2,1-4H3,(H,30,31). The quantitative estimate of drug-likeness (QED) is 0.421. The Balaban J connectivity index is 1.85. The number of benzene rings is 2. The molecule has 0 aromatic heterocycles. The van der Waals surface area contributed by atoms with Gasteiger partial charge in [-0.3, -0.25) is 0 Å². The Hall–Kier alpha value is -2.85. The molecule has 5 nitrogen and oxygen atoms in total. The number of ether oxygens (including phenoxy) is 1. The summed E-state index contributed by atoms with van der Waals surface area (Å²) < 4.78 is 71.5. The number of alkyl halides is 3. The molecular formula is C24H26BF4NO4. The molecule has 1 heterocycles. The predicted molar refractivity (Wildman–Crippen MR) is 120 cm³/mol. The first-order chi connectivity index (χ1) is 15.8. The van der Waals surface area contributed by atoms with Crippen LogP contribution in [0.4, 0.5) is 22.4 Å². The van der Waals surface area contributed by atoms with Gasteiger partial charge in [0, 0.05) is 6.54 Å². The highest BCUT2D eigenvalue weighted by molar-refractivity contribution is 6.56. The molecule has 0 atom stereocenters. The number of halogens is 4. The number of alkyl carbamates (subject to hydrolysis) is 1. The van der Waals surface area contributed by atoms with Crippen LogP contribution in [0.5, 0.6) is 0 Å². The predicted octanol–water partition coefficient (Wildman–Crippen LogP) is 5.79. The van der Waals surface area contributed by atoms with Crippen molar-refractivity contribution in [1.29, 1.82) is 0 Å². The van der Waals surface area contributed by atoms with E-state index in [0.717, 1.165) is 23.8 Å². The first kappa shape index (κ1) is 25.8. The molecule has 2 aromatic rings. The average Bonchev–Trinajstić information content (AvgIpc) is 2.96. The van der Waals surface area contributed by atoms with Gasteiger partial charge in [0.25, 0.3) is 0 Å². The number of hydrogen-bond donors (Lipinski definition) is 1. The lowest BCUT2D eigenvalue weighted by Crippen LogP contribution is -2.41. The van der Waals surface area contributed by atoms with Crippen LogP contribution in [0.2, 0.25) is 0 Å². The minimum atomic E-state index is -4.71. The number of amides is 1. The highest BCUT2D eigenvalue weighted by atomic mass is 19.4. The first-order valence-corrected chi connectivity index (χ1v) is 10.7. The van der Waals surface area contributed by atoms with Crippen LogP contribution in [-0.4, -0.2) is 31.0 Å². The molecule has 0 bridgehead atoms. The van der Waals surface area contributed by atoms with Gasteiger partial charge in [-0.05, 0) is 62.5 Å². The van der Waals surface area contributed by atoms with Crippen molar-refractivity contribution in [2.24, 2.45) is 0 Å². The fourth-order valence-electron chi connectivity index (χ4n) is 3.26. The Labute approximate surface area is 196 Å². The Morgan fingerprint density at radius 2 is 1.68 bits per heavy atom. The molecule has 0 radical (unpaired) electrons. The normalized spacial score (nSPS) is 17.5. The second kappa shape index (κ2) is 9.80. The maximum Gasteiger partial charge on any atom is 0.492 e. The van der Waals surface area contributed by atoms with Crippen molar-refractivity contribution in [3.8, 4) is 0 Å². The maximum atomic E-state index is 13.8. The van der Waals surface area contributed by atoms with Gasteiger partial charge in [0.15, 0.2) is 0 Å². The molecule has 0 unspecified atom stereocenters. The molecule has 10 heteroatoms.